The van der Waals surface area contributed by atoms with E-state index in [4.69, 9.17) is 17.3 Å². The van der Waals surface area contributed by atoms with E-state index in [2.05, 4.69) is 5.32 Å². The minimum Gasteiger partial charge on any atom is -0.397 e. The van der Waals surface area contributed by atoms with Gasteiger partial charge in [0.05, 0.1) is 16.3 Å². The number of sulfone groups is 1. The number of hydrogen-bond donors (Lipinski definition) is 2. The van der Waals surface area contributed by atoms with Crippen LogP contribution in [0.25, 0.3) is 0 Å². The molecule has 0 spiro atoms. The van der Waals surface area contributed by atoms with Crippen LogP contribution in [-0.4, -0.2) is 14.7 Å². The standard InChI is InChI=1S/C15H17ClN2O2S/c1-10(11-3-5-12(16)6-4-11)18-15-8-7-13(9-14(15)17)21(2,19)20/h3-10,18H,17H2,1-2H3. The molecule has 0 aliphatic heterocycles. The fraction of sp³-hybridized carbons (Fsp3) is 0.200. The van der Waals surface area contributed by atoms with E-state index in [1.165, 1.54) is 6.07 Å². The Hall–Kier alpha value is -1.72. The monoisotopic (exact) mass is 324 g/mol. The molecule has 0 saturated heterocycles. The van der Waals surface area contributed by atoms with Gasteiger partial charge in [-0.05, 0) is 42.8 Å². The SMILES string of the molecule is CC(Nc1ccc(S(C)(=O)=O)cc1N)c1ccc(Cl)cc1. The average Bonchev–Trinajstić information content (AvgIpc) is 2.40. The lowest BCUT2D eigenvalue weighted by molar-refractivity contribution is 0.602. The van der Waals surface area contributed by atoms with Crippen LogP contribution in [0.15, 0.2) is 47.4 Å². The summed E-state index contributed by atoms with van der Waals surface area (Å²) >= 11 is 5.86. The highest BCUT2D eigenvalue weighted by Gasteiger charge is 2.11. The number of nitrogens with one attached hydrogen (secondary N) is 1. The van der Waals surface area contributed by atoms with E-state index in [0.29, 0.717) is 16.4 Å². The van der Waals surface area contributed by atoms with Crippen LogP contribution in [0.2, 0.25) is 5.02 Å². The molecule has 6 heteroatoms. The maximum absolute atomic E-state index is 11.5. The molecule has 0 aromatic heterocycles. The fourth-order valence-corrected chi connectivity index (χ4v) is 2.75. The van der Waals surface area contributed by atoms with E-state index in [1.807, 2.05) is 31.2 Å². The highest BCUT2D eigenvalue weighted by atomic mass is 35.5. The van der Waals surface area contributed by atoms with Crippen LogP contribution in [0.4, 0.5) is 11.4 Å². The van der Waals surface area contributed by atoms with Gasteiger partial charge >= 0.3 is 0 Å². The zero-order valence-electron chi connectivity index (χ0n) is 11.8. The maximum atomic E-state index is 11.5. The zero-order chi connectivity index (χ0) is 15.6. The van der Waals surface area contributed by atoms with Crippen molar-refractivity contribution in [2.45, 2.75) is 17.9 Å². The molecule has 0 heterocycles. The Morgan fingerprint density at radius 1 is 1.14 bits per heavy atom. The number of benzene rings is 2. The summed E-state index contributed by atoms with van der Waals surface area (Å²) in [6, 6.07) is 12.2. The summed E-state index contributed by atoms with van der Waals surface area (Å²) in [6.07, 6.45) is 1.16. The number of hydrogen-bond acceptors (Lipinski definition) is 4. The van der Waals surface area contributed by atoms with Gasteiger partial charge in [0.15, 0.2) is 9.84 Å². The van der Waals surface area contributed by atoms with Crippen molar-refractivity contribution in [2.75, 3.05) is 17.3 Å². The van der Waals surface area contributed by atoms with Crippen molar-refractivity contribution >= 4 is 32.8 Å². The molecule has 21 heavy (non-hydrogen) atoms. The first kappa shape index (κ1) is 15.7. The van der Waals surface area contributed by atoms with Crippen LogP contribution >= 0.6 is 11.6 Å². The van der Waals surface area contributed by atoms with E-state index in [-0.39, 0.29) is 10.9 Å². The third kappa shape index (κ3) is 3.89. The van der Waals surface area contributed by atoms with Gasteiger partial charge in [-0.3, -0.25) is 0 Å². The molecule has 0 fully saturated rings. The number of anilines is 2. The second-order valence-corrected chi connectivity index (χ2v) is 7.39. The maximum Gasteiger partial charge on any atom is 0.175 e. The molecule has 2 aromatic carbocycles. The van der Waals surface area contributed by atoms with E-state index in [1.54, 1.807) is 12.1 Å². The molecule has 112 valence electrons. The molecule has 0 bridgehead atoms. The molecular weight excluding hydrogens is 308 g/mol. The minimum absolute atomic E-state index is 0.0219. The van der Waals surface area contributed by atoms with E-state index in [9.17, 15) is 8.42 Å². The Bertz CT molecular complexity index is 743. The summed E-state index contributed by atoms with van der Waals surface area (Å²) in [5.41, 5.74) is 8.08. The molecule has 0 saturated carbocycles. The van der Waals surface area contributed by atoms with Crippen molar-refractivity contribution in [1.29, 1.82) is 0 Å². The van der Waals surface area contributed by atoms with Crippen LogP contribution in [-0.2, 0) is 9.84 Å². The number of nitrogen functional groups attached to an aromatic ring is 1. The summed E-state index contributed by atoms with van der Waals surface area (Å²) in [7, 11) is -3.25. The van der Waals surface area contributed by atoms with Gasteiger partial charge in [-0.15, -0.1) is 0 Å². The molecule has 0 amide bonds. The Kier molecular flexibility index (Phi) is 4.44. The quantitative estimate of drug-likeness (QED) is 0.844. The van der Waals surface area contributed by atoms with Gasteiger partial charge in [-0.1, -0.05) is 23.7 Å². The molecule has 0 radical (unpaired) electrons. The molecule has 1 atom stereocenters. The predicted octanol–water partition coefficient (Wildman–Crippen LogP) is 3.50. The molecule has 4 nitrogen and oxygen atoms in total. The summed E-state index contributed by atoms with van der Waals surface area (Å²) in [6.45, 7) is 1.99. The van der Waals surface area contributed by atoms with Crippen molar-refractivity contribution in [3.63, 3.8) is 0 Å². The lowest BCUT2D eigenvalue weighted by Gasteiger charge is -2.17. The van der Waals surface area contributed by atoms with E-state index < -0.39 is 9.84 Å². The van der Waals surface area contributed by atoms with Crippen molar-refractivity contribution in [2.24, 2.45) is 0 Å². The van der Waals surface area contributed by atoms with E-state index >= 15 is 0 Å². The van der Waals surface area contributed by atoms with Crippen molar-refractivity contribution in [3.8, 4) is 0 Å². The van der Waals surface area contributed by atoms with E-state index in [0.717, 1.165) is 11.8 Å². The Morgan fingerprint density at radius 3 is 2.29 bits per heavy atom. The summed E-state index contributed by atoms with van der Waals surface area (Å²) in [4.78, 5) is 0.213. The molecule has 1 unspecified atom stereocenters. The average molecular weight is 325 g/mol. The second-order valence-electron chi connectivity index (χ2n) is 4.94. The van der Waals surface area contributed by atoms with Crippen molar-refractivity contribution < 1.29 is 8.42 Å². The lowest BCUT2D eigenvalue weighted by atomic mass is 10.1. The van der Waals surface area contributed by atoms with Gasteiger partial charge in [-0.2, -0.15) is 0 Å². The number of nitrogens with two attached hydrogens (primary N) is 1. The second kappa shape index (κ2) is 5.95. The Balaban J connectivity index is 2.22. The van der Waals surface area contributed by atoms with Gasteiger partial charge in [0.25, 0.3) is 0 Å². The Labute approximate surface area is 129 Å². The summed E-state index contributed by atoms with van der Waals surface area (Å²) in [5, 5.41) is 3.94. The first-order valence-electron chi connectivity index (χ1n) is 6.39. The Morgan fingerprint density at radius 2 is 1.76 bits per heavy atom. The van der Waals surface area contributed by atoms with Gasteiger partial charge in [-0.25, -0.2) is 8.42 Å². The molecule has 2 rings (SSSR count). The first-order chi connectivity index (χ1) is 9.77. The lowest BCUT2D eigenvalue weighted by Crippen LogP contribution is -2.09. The third-order valence-electron chi connectivity index (χ3n) is 3.19. The molecule has 3 N–H and O–H groups in total. The van der Waals surface area contributed by atoms with Crippen LogP contribution in [0.1, 0.15) is 18.5 Å². The highest BCUT2D eigenvalue weighted by Crippen LogP contribution is 2.27. The van der Waals surface area contributed by atoms with Crippen molar-refractivity contribution in [3.05, 3.63) is 53.1 Å². The highest BCUT2D eigenvalue weighted by molar-refractivity contribution is 7.90. The van der Waals surface area contributed by atoms with Gasteiger partial charge in [0.2, 0.25) is 0 Å². The van der Waals surface area contributed by atoms with Gasteiger partial charge in [0.1, 0.15) is 0 Å². The number of halogens is 1. The summed E-state index contributed by atoms with van der Waals surface area (Å²) < 4.78 is 23.0. The van der Waals surface area contributed by atoms with Crippen molar-refractivity contribution in [1.82, 2.24) is 0 Å². The smallest absolute Gasteiger partial charge is 0.175 e. The molecule has 2 aromatic rings. The van der Waals surface area contributed by atoms with Gasteiger partial charge < -0.3 is 11.1 Å². The topological polar surface area (TPSA) is 72.2 Å². The summed E-state index contributed by atoms with van der Waals surface area (Å²) in [5.74, 6) is 0. The third-order valence-corrected chi connectivity index (χ3v) is 4.56. The number of rotatable bonds is 4. The van der Waals surface area contributed by atoms with Crippen LogP contribution in [0, 0.1) is 0 Å². The first-order valence-corrected chi connectivity index (χ1v) is 8.66. The molecule has 0 aliphatic carbocycles. The predicted molar refractivity (Wildman–Crippen MR) is 87.5 cm³/mol. The van der Waals surface area contributed by atoms with Gasteiger partial charge in [0, 0.05) is 17.3 Å². The normalized spacial score (nSPS) is 12.9. The zero-order valence-corrected chi connectivity index (χ0v) is 13.4. The van der Waals surface area contributed by atoms with Crippen LogP contribution in [0.3, 0.4) is 0 Å². The molecule has 0 aliphatic rings. The van der Waals surface area contributed by atoms with Crippen LogP contribution < -0.4 is 11.1 Å². The fourth-order valence-electron chi connectivity index (χ4n) is 1.97. The van der Waals surface area contributed by atoms with Crippen LogP contribution in [0.5, 0.6) is 0 Å². The largest absolute Gasteiger partial charge is 0.397 e. The molecular formula is C15H17ClN2O2S. The minimum atomic E-state index is -3.25.